The molecule has 1 aromatic rings. The smallest absolute Gasteiger partial charge is 0.422 e. The van der Waals surface area contributed by atoms with Gasteiger partial charge in [-0.1, -0.05) is 6.07 Å². The van der Waals surface area contributed by atoms with Gasteiger partial charge in [-0.25, -0.2) is 0 Å². The zero-order valence-electron chi connectivity index (χ0n) is 14.9. The maximum atomic E-state index is 12.3. The zero-order valence-corrected chi connectivity index (χ0v) is 14.9. The van der Waals surface area contributed by atoms with Crippen molar-refractivity contribution < 1.29 is 22.6 Å². The van der Waals surface area contributed by atoms with Crippen LogP contribution in [0.15, 0.2) is 18.2 Å². The standard InChI is InChI=1S/C18H27F3N2O2/c1-3-24-17-9-14(6-7-16(17)25-13-18(19,20)21)10-22-11-15-5-4-8-23(2)12-15/h6-7,9,15,22H,3-5,8,10-13H2,1-2H3/t15-/m1/s1. The Bertz CT molecular complexity index is 538. The zero-order chi connectivity index (χ0) is 18.3. The average molecular weight is 360 g/mol. The van der Waals surface area contributed by atoms with E-state index >= 15 is 0 Å². The van der Waals surface area contributed by atoms with Crippen molar-refractivity contribution >= 4 is 0 Å². The maximum Gasteiger partial charge on any atom is 0.422 e. The van der Waals surface area contributed by atoms with Crippen LogP contribution < -0.4 is 14.8 Å². The van der Waals surface area contributed by atoms with Crippen LogP contribution >= 0.6 is 0 Å². The van der Waals surface area contributed by atoms with Crippen LogP contribution in [0, 0.1) is 5.92 Å². The second-order valence-corrected chi connectivity index (χ2v) is 6.52. The Morgan fingerprint density at radius 2 is 2.04 bits per heavy atom. The van der Waals surface area contributed by atoms with Gasteiger partial charge < -0.3 is 19.7 Å². The Morgan fingerprint density at radius 3 is 2.72 bits per heavy atom. The molecular weight excluding hydrogens is 333 g/mol. The number of alkyl halides is 3. The van der Waals surface area contributed by atoms with Crippen LogP contribution in [0.2, 0.25) is 0 Å². The van der Waals surface area contributed by atoms with Gasteiger partial charge in [0.25, 0.3) is 0 Å². The second-order valence-electron chi connectivity index (χ2n) is 6.52. The number of ether oxygens (including phenoxy) is 2. The molecule has 0 aromatic heterocycles. The van der Waals surface area contributed by atoms with Crippen LogP contribution in [0.3, 0.4) is 0 Å². The minimum Gasteiger partial charge on any atom is -0.490 e. The first kappa shape index (κ1) is 19.8. The van der Waals surface area contributed by atoms with Crippen molar-refractivity contribution in [1.29, 1.82) is 0 Å². The largest absolute Gasteiger partial charge is 0.490 e. The molecular formula is C18H27F3N2O2. The minimum absolute atomic E-state index is 0.122. The summed E-state index contributed by atoms with van der Waals surface area (Å²) in [7, 11) is 2.14. The number of halogens is 3. The highest BCUT2D eigenvalue weighted by molar-refractivity contribution is 5.43. The molecule has 0 spiro atoms. The molecule has 0 aliphatic carbocycles. The fourth-order valence-corrected chi connectivity index (χ4v) is 3.07. The van der Waals surface area contributed by atoms with Gasteiger partial charge in [-0.2, -0.15) is 13.2 Å². The normalized spacial score (nSPS) is 19.0. The van der Waals surface area contributed by atoms with E-state index < -0.39 is 12.8 Å². The lowest BCUT2D eigenvalue weighted by atomic mass is 9.98. The van der Waals surface area contributed by atoms with E-state index in [0.29, 0.717) is 24.8 Å². The van der Waals surface area contributed by atoms with E-state index in [1.165, 1.54) is 12.8 Å². The number of benzene rings is 1. The molecule has 0 radical (unpaired) electrons. The first-order valence-corrected chi connectivity index (χ1v) is 8.72. The van der Waals surface area contributed by atoms with E-state index in [0.717, 1.165) is 25.2 Å². The van der Waals surface area contributed by atoms with Crippen molar-refractivity contribution in [2.45, 2.75) is 32.5 Å². The quantitative estimate of drug-likeness (QED) is 0.770. The molecule has 1 heterocycles. The topological polar surface area (TPSA) is 33.7 Å². The van der Waals surface area contributed by atoms with Crippen LogP contribution in [0.5, 0.6) is 11.5 Å². The van der Waals surface area contributed by atoms with Gasteiger partial charge in [-0.15, -0.1) is 0 Å². The van der Waals surface area contributed by atoms with Crippen LogP contribution in [0.25, 0.3) is 0 Å². The Kier molecular flexibility index (Phi) is 7.38. The number of hydrogen-bond acceptors (Lipinski definition) is 4. The number of nitrogens with one attached hydrogen (secondary N) is 1. The summed E-state index contributed by atoms with van der Waals surface area (Å²) in [6.07, 6.45) is -1.91. The van der Waals surface area contributed by atoms with E-state index in [1.807, 2.05) is 0 Å². The van der Waals surface area contributed by atoms with Crippen LogP contribution in [0.4, 0.5) is 13.2 Å². The van der Waals surface area contributed by atoms with E-state index in [-0.39, 0.29) is 5.75 Å². The lowest BCUT2D eigenvalue weighted by molar-refractivity contribution is -0.153. The molecule has 7 heteroatoms. The Balaban J connectivity index is 1.88. The average Bonchev–Trinajstić information content (AvgIpc) is 2.54. The van der Waals surface area contributed by atoms with Crippen molar-refractivity contribution in [2.24, 2.45) is 5.92 Å². The molecule has 0 saturated carbocycles. The van der Waals surface area contributed by atoms with Crippen molar-refractivity contribution in [1.82, 2.24) is 10.2 Å². The summed E-state index contributed by atoms with van der Waals surface area (Å²) in [6, 6.07) is 5.06. The van der Waals surface area contributed by atoms with Gasteiger partial charge in [-0.05, 0) is 63.5 Å². The molecule has 1 aliphatic rings. The number of rotatable bonds is 8. The highest BCUT2D eigenvalue weighted by atomic mass is 19.4. The third-order valence-electron chi connectivity index (χ3n) is 4.18. The number of likely N-dealkylation sites (tertiary alicyclic amines) is 1. The van der Waals surface area contributed by atoms with Crippen molar-refractivity contribution in [3.05, 3.63) is 23.8 Å². The van der Waals surface area contributed by atoms with E-state index in [2.05, 4.69) is 17.3 Å². The van der Waals surface area contributed by atoms with Crippen molar-refractivity contribution in [3.8, 4) is 11.5 Å². The predicted octanol–water partition coefficient (Wildman–Crippen LogP) is 3.46. The first-order valence-electron chi connectivity index (χ1n) is 8.72. The highest BCUT2D eigenvalue weighted by Crippen LogP contribution is 2.30. The van der Waals surface area contributed by atoms with Gasteiger partial charge in [0.05, 0.1) is 6.61 Å². The fourth-order valence-electron chi connectivity index (χ4n) is 3.07. The number of nitrogens with zero attached hydrogens (tertiary/aromatic N) is 1. The minimum atomic E-state index is -4.36. The molecule has 0 bridgehead atoms. The van der Waals surface area contributed by atoms with E-state index in [9.17, 15) is 13.2 Å². The summed E-state index contributed by atoms with van der Waals surface area (Å²) in [5, 5.41) is 3.43. The first-order chi connectivity index (χ1) is 11.9. The van der Waals surface area contributed by atoms with Crippen molar-refractivity contribution in [3.63, 3.8) is 0 Å². The van der Waals surface area contributed by atoms with Gasteiger partial charge in [0.2, 0.25) is 0 Å². The summed E-state index contributed by atoms with van der Waals surface area (Å²) in [4.78, 5) is 2.34. The Morgan fingerprint density at radius 1 is 1.24 bits per heavy atom. The number of piperidine rings is 1. The summed E-state index contributed by atoms with van der Waals surface area (Å²) < 4.78 is 47.3. The molecule has 1 aliphatic heterocycles. The molecule has 1 aromatic carbocycles. The van der Waals surface area contributed by atoms with Gasteiger partial charge in [0.15, 0.2) is 18.1 Å². The monoisotopic (exact) mass is 360 g/mol. The third kappa shape index (κ3) is 7.12. The Labute approximate surface area is 147 Å². The molecule has 0 amide bonds. The fraction of sp³-hybridized carbons (Fsp3) is 0.667. The molecule has 1 N–H and O–H groups in total. The molecule has 0 unspecified atom stereocenters. The van der Waals surface area contributed by atoms with Crippen LogP contribution in [-0.4, -0.2) is 51.0 Å². The summed E-state index contributed by atoms with van der Waals surface area (Å²) in [5.74, 6) is 1.11. The molecule has 142 valence electrons. The van der Waals surface area contributed by atoms with Gasteiger partial charge in [0.1, 0.15) is 0 Å². The third-order valence-corrected chi connectivity index (χ3v) is 4.18. The Hall–Kier alpha value is -1.47. The predicted molar refractivity (Wildman–Crippen MR) is 91.1 cm³/mol. The SMILES string of the molecule is CCOc1cc(CNC[C@H]2CCCN(C)C2)ccc1OCC(F)(F)F. The van der Waals surface area contributed by atoms with E-state index in [4.69, 9.17) is 9.47 Å². The van der Waals surface area contributed by atoms with Crippen LogP contribution in [-0.2, 0) is 6.54 Å². The lowest BCUT2D eigenvalue weighted by Gasteiger charge is -2.29. The second kappa shape index (κ2) is 9.29. The van der Waals surface area contributed by atoms with Gasteiger partial charge in [0, 0.05) is 13.1 Å². The lowest BCUT2D eigenvalue weighted by Crippen LogP contribution is -2.37. The van der Waals surface area contributed by atoms with Gasteiger partial charge in [-0.3, -0.25) is 0 Å². The summed E-state index contributed by atoms with van der Waals surface area (Å²) in [5.41, 5.74) is 0.965. The maximum absolute atomic E-state index is 12.3. The molecule has 25 heavy (non-hydrogen) atoms. The van der Waals surface area contributed by atoms with E-state index in [1.54, 1.807) is 25.1 Å². The molecule has 1 atom stereocenters. The van der Waals surface area contributed by atoms with Gasteiger partial charge >= 0.3 is 6.18 Å². The molecule has 4 nitrogen and oxygen atoms in total. The molecule has 2 rings (SSSR count). The summed E-state index contributed by atoms with van der Waals surface area (Å²) in [6.45, 7) is 4.68. The highest BCUT2D eigenvalue weighted by Gasteiger charge is 2.29. The van der Waals surface area contributed by atoms with Crippen LogP contribution in [0.1, 0.15) is 25.3 Å². The van der Waals surface area contributed by atoms with Crippen molar-refractivity contribution in [2.75, 3.05) is 39.9 Å². The number of hydrogen-bond donors (Lipinski definition) is 1. The molecule has 1 saturated heterocycles. The molecule has 1 fully saturated rings. The summed E-state index contributed by atoms with van der Waals surface area (Å²) >= 11 is 0.